The molecular weight excluding hydrogens is 516 g/mol. The molecule has 0 radical (unpaired) electrons. The third-order valence-corrected chi connectivity index (χ3v) is 7.77. The molecule has 0 spiro atoms. The lowest BCUT2D eigenvalue weighted by Crippen LogP contribution is -2.33. The van der Waals surface area contributed by atoms with E-state index in [0.29, 0.717) is 47.5 Å². The van der Waals surface area contributed by atoms with E-state index in [1.165, 1.54) is 0 Å². The van der Waals surface area contributed by atoms with Gasteiger partial charge in [0, 0.05) is 18.7 Å². The minimum atomic E-state index is -0.319. The number of nitrogens with zero attached hydrogens (tertiary/aromatic N) is 7. The van der Waals surface area contributed by atoms with Crippen LogP contribution in [0.15, 0.2) is 24.7 Å². The van der Waals surface area contributed by atoms with E-state index in [2.05, 4.69) is 15.2 Å². The topological polar surface area (TPSA) is 145 Å². The zero-order valence-electron chi connectivity index (χ0n) is 23.0. The van der Waals surface area contributed by atoms with Crippen LogP contribution in [-0.4, -0.2) is 86.1 Å². The van der Waals surface area contributed by atoms with Crippen LogP contribution in [-0.2, 0) is 0 Å². The number of anilines is 3. The Morgan fingerprint density at radius 3 is 2.48 bits per heavy atom. The molecule has 1 aromatic carbocycles. The number of aryl methyl sites for hydroxylation is 1. The van der Waals surface area contributed by atoms with Crippen LogP contribution in [0.2, 0.25) is 0 Å². The Hall–Kier alpha value is -4.10. The number of benzene rings is 1. The smallest absolute Gasteiger partial charge is 0.232 e. The van der Waals surface area contributed by atoms with Crippen LogP contribution in [0.4, 0.5) is 17.6 Å². The van der Waals surface area contributed by atoms with Gasteiger partial charge < -0.3 is 39.2 Å². The Balaban J connectivity index is 1.38. The van der Waals surface area contributed by atoms with Crippen molar-refractivity contribution in [3.05, 3.63) is 30.4 Å². The Bertz CT molecular complexity index is 1500. The third kappa shape index (κ3) is 4.44. The van der Waals surface area contributed by atoms with E-state index in [4.69, 9.17) is 29.3 Å². The molecule has 2 fully saturated rings. The Kier molecular flexibility index (Phi) is 6.84. The van der Waals surface area contributed by atoms with Gasteiger partial charge in [0.05, 0.1) is 69.1 Å². The molecule has 1 saturated heterocycles. The molecule has 6 rings (SSSR count). The van der Waals surface area contributed by atoms with Crippen molar-refractivity contribution in [1.82, 2.24) is 29.3 Å². The lowest BCUT2D eigenvalue weighted by atomic mass is 9.90. The van der Waals surface area contributed by atoms with Crippen molar-refractivity contribution in [3.8, 4) is 22.9 Å². The molecule has 2 aliphatic rings. The lowest BCUT2D eigenvalue weighted by molar-refractivity contribution is 0.0449. The highest BCUT2D eigenvalue weighted by Crippen LogP contribution is 2.40. The summed E-state index contributed by atoms with van der Waals surface area (Å²) in [6.07, 6.45) is 6.33. The monoisotopic (exact) mass is 550 g/mol. The molecule has 13 heteroatoms. The van der Waals surface area contributed by atoms with Crippen LogP contribution in [0.5, 0.6) is 17.2 Å². The molecule has 1 atom stereocenters. The minimum Gasteiger partial charge on any atom is -0.493 e. The van der Waals surface area contributed by atoms with Crippen LogP contribution < -0.4 is 24.4 Å². The molecule has 1 saturated carbocycles. The Morgan fingerprint density at radius 2 is 1.82 bits per heavy atom. The van der Waals surface area contributed by atoms with Crippen molar-refractivity contribution in [1.29, 1.82) is 0 Å². The summed E-state index contributed by atoms with van der Waals surface area (Å²) in [5.74, 6) is 3.25. The molecule has 1 aliphatic heterocycles. The van der Waals surface area contributed by atoms with Gasteiger partial charge >= 0.3 is 0 Å². The molecule has 40 heavy (non-hydrogen) atoms. The first kappa shape index (κ1) is 26.1. The van der Waals surface area contributed by atoms with Crippen molar-refractivity contribution in [2.24, 2.45) is 0 Å². The summed E-state index contributed by atoms with van der Waals surface area (Å²) in [4.78, 5) is 16.5. The number of rotatable bonds is 9. The highest BCUT2D eigenvalue weighted by molar-refractivity contribution is 5.91. The van der Waals surface area contributed by atoms with Crippen molar-refractivity contribution in [3.63, 3.8) is 0 Å². The minimum absolute atomic E-state index is 0.0153. The van der Waals surface area contributed by atoms with E-state index in [-0.39, 0.29) is 24.8 Å². The zero-order valence-corrected chi connectivity index (χ0v) is 23.0. The van der Waals surface area contributed by atoms with Crippen LogP contribution in [0.3, 0.4) is 0 Å². The molecule has 212 valence electrons. The highest BCUT2D eigenvalue weighted by Gasteiger charge is 2.34. The van der Waals surface area contributed by atoms with Crippen molar-refractivity contribution < 1.29 is 24.4 Å². The van der Waals surface area contributed by atoms with Gasteiger partial charge in [0.1, 0.15) is 12.1 Å². The van der Waals surface area contributed by atoms with Crippen molar-refractivity contribution >= 4 is 28.6 Å². The van der Waals surface area contributed by atoms with Gasteiger partial charge in [0.25, 0.3) is 0 Å². The summed E-state index contributed by atoms with van der Waals surface area (Å²) < 4.78 is 20.2. The second-order valence-electron chi connectivity index (χ2n) is 10.2. The van der Waals surface area contributed by atoms with E-state index in [1.807, 2.05) is 34.5 Å². The summed E-state index contributed by atoms with van der Waals surface area (Å²) in [6, 6.07) is 3.74. The summed E-state index contributed by atoms with van der Waals surface area (Å²) in [5.41, 5.74) is 2.30. The predicted molar refractivity (Wildman–Crippen MR) is 148 cm³/mol. The average Bonchev–Trinajstić information content (AvgIpc) is 3.69. The van der Waals surface area contributed by atoms with E-state index in [9.17, 15) is 10.2 Å². The van der Waals surface area contributed by atoms with Gasteiger partial charge in [-0.15, -0.1) is 0 Å². The van der Waals surface area contributed by atoms with Gasteiger partial charge in [-0.1, -0.05) is 0 Å². The first-order valence-corrected chi connectivity index (χ1v) is 13.4. The maximum absolute atomic E-state index is 10.0. The molecule has 1 aliphatic carbocycles. The van der Waals surface area contributed by atoms with E-state index in [1.54, 1.807) is 27.7 Å². The number of nitrogens with one attached hydrogen (secondary N) is 1. The average molecular weight is 551 g/mol. The van der Waals surface area contributed by atoms with Crippen molar-refractivity contribution in [2.75, 3.05) is 44.7 Å². The quantitative estimate of drug-likeness (QED) is 0.283. The summed E-state index contributed by atoms with van der Waals surface area (Å²) >= 11 is 0. The molecule has 0 unspecified atom stereocenters. The van der Waals surface area contributed by atoms with Crippen LogP contribution in [0, 0.1) is 6.92 Å². The van der Waals surface area contributed by atoms with Gasteiger partial charge in [0.15, 0.2) is 23.0 Å². The van der Waals surface area contributed by atoms with E-state index >= 15 is 0 Å². The first-order valence-electron chi connectivity index (χ1n) is 13.4. The highest BCUT2D eigenvalue weighted by atomic mass is 16.5. The molecule has 4 aromatic rings. The third-order valence-electron chi connectivity index (χ3n) is 7.77. The second-order valence-corrected chi connectivity index (χ2v) is 10.2. The van der Waals surface area contributed by atoms with Gasteiger partial charge in [-0.3, -0.25) is 0 Å². The summed E-state index contributed by atoms with van der Waals surface area (Å²) in [7, 11) is 4.72. The molecule has 13 nitrogen and oxygen atoms in total. The van der Waals surface area contributed by atoms with Gasteiger partial charge in [-0.2, -0.15) is 15.1 Å². The van der Waals surface area contributed by atoms with Crippen LogP contribution in [0.1, 0.15) is 37.4 Å². The molecule has 4 heterocycles. The maximum Gasteiger partial charge on any atom is 0.232 e. The van der Waals surface area contributed by atoms with E-state index < -0.39 is 0 Å². The summed E-state index contributed by atoms with van der Waals surface area (Å²) in [6.45, 7) is 2.80. The molecule has 0 bridgehead atoms. The number of methoxy groups -OCH3 is 3. The van der Waals surface area contributed by atoms with E-state index in [0.717, 1.165) is 42.0 Å². The number of aliphatic hydroxyl groups excluding tert-OH is 2. The second kappa shape index (κ2) is 10.5. The maximum atomic E-state index is 10.0. The number of aliphatic hydroxyl groups is 2. The summed E-state index contributed by atoms with van der Waals surface area (Å²) in [5, 5.41) is 28.9. The fourth-order valence-corrected chi connectivity index (χ4v) is 5.63. The Morgan fingerprint density at radius 1 is 1.07 bits per heavy atom. The number of hydrogen-bond donors (Lipinski definition) is 3. The fraction of sp³-hybridized carbons (Fsp3) is 0.481. The first-order chi connectivity index (χ1) is 19.4. The van der Waals surface area contributed by atoms with Crippen LogP contribution >= 0.6 is 0 Å². The molecular formula is C27H34N8O5. The number of fused-ring (bicyclic) bond motifs is 1. The zero-order chi connectivity index (χ0) is 28.0. The standard InChI is InChI=1S/C27H34N8O5/c1-15-23-25(34-7-5-6-16(34)13-36)30-27(31-26(23)35(32-15)18-8-19(37)9-18)29-22-12-33(14-28-22)17-10-20(38-2)24(40-4)21(11-17)39-3/h10-12,14,16,18-19,36-37H,5-9,13H2,1-4H3,(H,29,30,31)/t16-,18?,19?/m0/s1. The van der Waals surface area contributed by atoms with Gasteiger partial charge in [-0.25, -0.2) is 9.67 Å². The number of imidazole rings is 1. The van der Waals surface area contributed by atoms with Gasteiger partial charge in [0.2, 0.25) is 11.7 Å². The SMILES string of the molecule is COc1cc(-n2cnc(Nc3nc(N4CCC[C@H]4CO)c4c(C)nn(C5CC(O)C5)c4n3)c2)cc(OC)c1OC. The van der Waals surface area contributed by atoms with Crippen LogP contribution in [0.25, 0.3) is 16.7 Å². The molecule has 0 amide bonds. The Labute approximate surface area is 231 Å². The number of aromatic nitrogens is 6. The largest absolute Gasteiger partial charge is 0.493 e. The molecule has 3 N–H and O–H groups in total. The van der Waals surface area contributed by atoms with Crippen molar-refractivity contribution in [2.45, 2.75) is 50.8 Å². The molecule has 3 aromatic heterocycles. The normalized spacial score (nSPS) is 20.6. The number of hydrogen-bond acceptors (Lipinski definition) is 11. The lowest BCUT2D eigenvalue weighted by Gasteiger charge is -2.31. The fourth-order valence-electron chi connectivity index (χ4n) is 5.63. The van der Waals surface area contributed by atoms with Gasteiger partial charge in [-0.05, 0) is 32.6 Å². The predicted octanol–water partition coefficient (Wildman–Crippen LogP) is 2.75. The number of ether oxygens (including phenoxy) is 3.